The molecule has 2 aromatic rings. The third kappa shape index (κ3) is 4.84. The molecule has 0 fully saturated rings. The Labute approximate surface area is 132 Å². The fraction of sp³-hybridized carbons (Fsp3) is 0.375. The van der Waals surface area contributed by atoms with E-state index >= 15 is 0 Å². The number of anilines is 1. The number of hydrogen-bond donors (Lipinski definition) is 1. The Morgan fingerprint density at radius 1 is 1.17 bits per heavy atom. The minimum absolute atomic E-state index is 0.0123. The van der Waals surface area contributed by atoms with Gasteiger partial charge in [-0.15, -0.1) is 0 Å². The van der Waals surface area contributed by atoms with E-state index in [4.69, 9.17) is 4.74 Å². The van der Waals surface area contributed by atoms with Gasteiger partial charge in [0, 0.05) is 12.7 Å². The fourth-order valence-electron chi connectivity index (χ4n) is 2.10. The number of nitrogens with one attached hydrogen (secondary N) is 1. The molecule has 1 heterocycles. The van der Waals surface area contributed by atoms with Crippen LogP contribution in [0.3, 0.4) is 0 Å². The van der Waals surface area contributed by atoms with Gasteiger partial charge in [-0.2, -0.15) is 13.2 Å². The molecule has 0 bridgehead atoms. The number of alkyl halides is 3. The lowest BCUT2D eigenvalue weighted by molar-refractivity contribution is -0.141. The largest absolute Gasteiger partial charge is 0.497 e. The van der Waals surface area contributed by atoms with Crippen LogP contribution >= 0.6 is 0 Å². The van der Waals surface area contributed by atoms with Crippen molar-refractivity contribution in [3.63, 3.8) is 0 Å². The van der Waals surface area contributed by atoms with E-state index in [-0.39, 0.29) is 11.9 Å². The van der Waals surface area contributed by atoms with Crippen molar-refractivity contribution in [1.82, 2.24) is 9.97 Å². The molecule has 1 unspecified atom stereocenters. The number of ether oxygens (including phenoxy) is 1. The van der Waals surface area contributed by atoms with Gasteiger partial charge in [0.15, 0.2) is 0 Å². The van der Waals surface area contributed by atoms with Crippen LogP contribution in [0, 0.1) is 0 Å². The molecule has 0 aliphatic heterocycles. The maximum atomic E-state index is 12.6. The van der Waals surface area contributed by atoms with Crippen molar-refractivity contribution in [2.24, 2.45) is 0 Å². The molecular weight excluding hydrogens is 307 g/mol. The lowest BCUT2D eigenvalue weighted by atomic mass is 9.98. The second-order valence-electron chi connectivity index (χ2n) is 5.15. The van der Waals surface area contributed by atoms with Crippen molar-refractivity contribution in [1.29, 1.82) is 0 Å². The molecular formula is C16H18F3N3O. The van der Waals surface area contributed by atoms with Crippen LogP contribution in [-0.2, 0) is 6.18 Å². The summed E-state index contributed by atoms with van der Waals surface area (Å²) in [5.74, 6) is 1.03. The fourth-order valence-corrected chi connectivity index (χ4v) is 2.10. The summed E-state index contributed by atoms with van der Waals surface area (Å²) in [4.78, 5) is 7.28. The zero-order valence-electron chi connectivity index (χ0n) is 12.9. The van der Waals surface area contributed by atoms with Crippen molar-refractivity contribution in [3.05, 3.63) is 47.8 Å². The van der Waals surface area contributed by atoms with E-state index in [2.05, 4.69) is 22.2 Å². The molecule has 0 amide bonds. The molecule has 1 aromatic carbocycles. The quantitative estimate of drug-likeness (QED) is 0.868. The maximum absolute atomic E-state index is 12.6. The summed E-state index contributed by atoms with van der Waals surface area (Å²) in [7, 11) is 1.61. The molecule has 0 spiro atoms. The first-order valence-electron chi connectivity index (χ1n) is 7.18. The second kappa shape index (κ2) is 7.30. The molecule has 0 saturated carbocycles. The highest BCUT2D eigenvalue weighted by atomic mass is 19.4. The van der Waals surface area contributed by atoms with Gasteiger partial charge in [0.05, 0.1) is 7.11 Å². The first-order chi connectivity index (χ1) is 10.9. The average molecular weight is 325 g/mol. The summed E-state index contributed by atoms with van der Waals surface area (Å²) in [6, 6.07) is 8.57. The zero-order chi connectivity index (χ0) is 16.9. The molecule has 23 heavy (non-hydrogen) atoms. The first-order valence-corrected chi connectivity index (χ1v) is 7.18. The topological polar surface area (TPSA) is 47.0 Å². The number of nitrogens with zero attached hydrogens (tertiary/aromatic N) is 2. The van der Waals surface area contributed by atoms with Gasteiger partial charge in [-0.25, -0.2) is 9.97 Å². The Morgan fingerprint density at radius 3 is 2.48 bits per heavy atom. The summed E-state index contributed by atoms with van der Waals surface area (Å²) < 4.78 is 42.8. The van der Waals surface area contributed by atoms with Crippen molar-refractivity contribution in [3.8, 4) is 5.75 Å². The van der Waals surface area contributed by atoms with E-state index in [9.17, 15) is 13.2 Å². The van der Waals surface area contributed by atoms with Crippen LogP contribution < -0.4 is 10.1 Å². The molecule has 0 aliphatic rings. The molecule has 4 nitrogen and oxygen atoms in total. The van der Waals surface area contributed by atoms with E-state index in [0.29, 0.717) is 6.54 Å². The Hall–Kier alpha value is -2.31. The summed E-state index contributed by atoms with van der Waals surface area (Å²) in [5, 5.41) is 2.83. The number of methoxy groups -OCH3 is 1. The van der Waals surface area contributed by atoms with E-state index in [0.717, 1.165) is 30.0 Å². The van der Waals surface area contributed by atoms with Gasteiger partial charge in [-0.1, -0.05) is 19.1 Å². The number of hydrogen-bond acceptors (Lipinski definition) is 4. The molecule has 2 rings (SSSR count). The van der Waals surface area contributed by atoms with Crippen molar-refractivity contribution in [2.75, 3.05) is 19.0 Å². The average Bonchev–Trinajstić information content (AvgIpc) is 2.54. The van der Waals surface area contributed by atoms with Crippen LogP contribution in [0.15, 0.2) is 36.5 Å². The van der Waals surface area contributed by atoms with Crippen LogP contribution in [0.1, 0.15) is 30.5 Å². The SMILES string of the molecule is COc1ccc(C(C)CCNc2nccc(C(F)(F)F)n2)cc1. The Balaban J connectivity index is 1.89. The van der Waals surface area contributed by atoms with Crippen LogP contribution in [0.5, 0.6) is 5.75 Å². The molecule has 0 aliphatic carbocycles. The van der Waals surface area contributed by atoms with E-state index in [1.807, 2.05) is 24.3 Å². The Bertz CT molecular complexity index is 629. The molecule has 1 atom stereocenters. The number of aromatic nitrogens is 2. The summed E-state index contributed by atoms with van der Waals surface area (Å²) in [6.45, 7) is 2.53. The second-order valence-corrected chi connectivity index (χ2v) is 5.15. The highest BCUT2D eigenvalue weighted by molar-refractivity contribution is 5.30. The maximum Gasteiger partial charge on any atom is 0.433 e. The Kier molecular flexibility index (Phi) is 5.41. The van der Waals surface area contributed by atoms with Gasteiger partial charge in [0.1, 0.15) is 11.4 Å². The lowest BCUT2D eigenvalue weighted by Crippen LogP contribution is -2.13. The van der Waals surface area contributed by atoms with Gasteiger partial charge in [-0.05, 0) is 36.1 Å². The van der Waals surface area contributed by atoms with Crippen molar-refractivity contribution < 1.29 is 17.9 Å². The Morgan fingerprint density at radius 2 is 1.87 bits per heavy atom. The molecule has 0 radical (unpaired) electrons. The molecule has 124 valence electrons. The summed E-state index contributed by atoms with van der Waals surface area (Å²) in [5.41, 5.74) is 0.191. The van der Waals surface area contributed by atoms with E-state index in [1.54, 1.807) is 7.11 Å². The predicted octanol–water partition coefficient (Wildman–Crippen LogP) is 4.11. The number of benzene rings is 1. The predicted molar refractivity (Wildman–Crippen MR) is 81.5 cm³/mol. The van der Waals surface area contributed by atoms with Crippen LogP contribution in [-0.4, -0.2) is 23.6 Å². The normalized spacial score (nSPS) is 12.7. The van der Waals surface area contributed by atoms with E-state index in [1.165, 1.54) is 0 Å². The van der Waals surface area contributed by atoms with Gasteiger partial charge in [-0.3, -0.25) is 0 Å². The monoisotopic (exact) mass is 325 g/mol. The lowest BCUT2D eigenvalue weighted by Gasteiger charge is -2.13. The standard InChI is InChI=1S/C16H18F3N3O/c1-11(12-3-5-13(23-2)6-4-12)7-9-20-15-21-10-8-14(22-15)16(17,18)19/h3-6,8,10-11H,7,9H2,1-2H3,(H,20,21,22). The molecule has 0 saturated heterocycles. The van der Waals surface area contributed by atoms with Crippen LogP contribution in [0.2, 0.25) is 0 Å². The third-order valence-corrected chi connectivity index (χ3v) is 3.49. The minimum Gasteiger partial charge on any atom is -0.497 e. The highest BCUT2D eigenvalue weighted by Gasteiger charge is 2.32. The zero-order valence-corrected chi connectivity index (χ0v) is 12.9. The minimum atomic E-state index is -4.46. The summed E-state index contributed by atoms with van der Waals surface area (Å²) in [6.07, 6.45) is -2.62. The smallest absolute Gasteiger partial charge is 0.433 e. The molecule has 1 N–H and O–H groups in total. The van der Waals surface area contributed by atoms with Gasteiger partial charge in [0.25, 0.3) is 0 Å². The first kappa shape index (κ1) is 17.1. The molecule has 1 aromatic heterocycles. The van der Waals surface area contributed by atoms with E-state index < -0.39 is 11.9 Å². The summed E-state index contributed by atoms with van der Waals surface area (Å²) >= 11 is 0. The van der Waals surface area contributed by atoms with Crippen molar-refractivity contribution >= 4 is 5.95 Å². The van der Waals surface area contributed by atoms with Gasteiger partial charge >= 0.3 is 6.18 Å². The van der Waals surface area contributed by atoms with Crippen LogP contribution in [0.25, 0.3) is 0 Å². The number of rotatable bonds is 6. The van der Waals surface area contributed by atoms with Gasteiger partial charge < -0.3 is 10.1 Å². The number of halogens is 3. The van der Waals surface area contributed by atoms with Gasteiger partial charge in [0.2, 0.25) is 5.95 Å². The van der Waals surface area contributed by atoms with Crippen LogP contribution in [0.4, 0.5) is 19.1 Å². The molecule has 7 heteroatoms. The highest BCUT2D eigenvalue weighted by Crippen LogP contribution is 2.27. The van der Waals surface area contributed by atoms with Crippen molar-refractivity contribution in [2.45, 2.75) is 25.4 Å². The third-order valence-electron chi connectivity index (χ3n) is 3.49.